The maximum atomic E-state index is 13.4. The molecule has 4 rings (SSSR count). The quantitative estimate of drug-likeness (QED) is 0.665. The second-order valence-corrected chi connectivity index (χ2v) is 9.50. The van der Waals surface area contributed by atoms with Crippen LogP contribution < -0.4 is 5.32 Å². The Morgan fingerprint density at radius 2 is 1.50 bits per heavy atom. The number of nitrogens with zero attached hydrogens (tertiary/aromatic N) is 2. The molecule has 0 spiro atoms. The summed E-state index contributed by atoms with van der Waals surface area (Å²) in [7, 11) is 0. The lowest BCUT2D eigenvalue weighted by atomic mass is 9.87. The molecule has 2 fully saturated rings. The Kier molecular flexibility index (Phi) is 7.66. The van der Waals surface area contributed by atoms with Gasteiger partial charge >= 0.3 is 6.18 Å². The lowest BCUT2D eigenvalue weighted by Gasteiger charge is -2.37. The van der Waals surface area contributed by atoms with Gasteiger partial charge in [0.2, 0.25) is 5.91 Å². The molecule has 0 saturated carbocycles. The summed E-state index contributed by atoms with van der Waals surface area (Å²) >= 11 is 0. The normalized spacial score (nSPS) is 17.7. The third-order valence-electron chi connectivity index (χ3n) is 7.12. The van der Waals surface area contributed by atoms with Gasteiger partial charge in [-0.25, -0.2) is 0 Å². The molecule has 9 heteroatoms. The Morgan fingerprint density at radius 3 is 2.08 bits per heavy atom. The van der Waals surface area contributed by atoms with Gasteiger partial charge in [-0.2, -0.15) is 13.2 Å². The first-order valence-electron chi connectivity index (χ1n) is 12.3. The molecule has 192 valence electrons. The number of aryl methyl sites for hydroxylation is 1. The molecular formula is C27H30F3N3O3. The number of piperidine rings is 1. The highest BCUT2D eigenvalue weighted by molar-refractivity contribution is 5.99. The van der Waals surface area contributed by atoms with Crippen LogP contribution in [-0.2, 0) is 11.0 Å². The molecule has 0 bridgehead atoms. The van der Waals surface area contributed by atoms with Gasteiger partial charge in [0.1, 0.15) is 6.04 Å². The van der Waals surface area contributed by atoms with Crippen molar-refractivity contribution in [1.82, 2.24) is 15.1 Å². The summed E-state index contributed by atoms with van der Waals surface area (Å²) in [5.41, 5.74) is 0.732. The molecule has 2 heterocycles. The predicted molar refractivity (Wildman–Crippen MR) is 128 cm³/mol. The number of alkyl halides is 3. The van der Waals surface area contributed by atoms with Crippen LogP contribution in [0.2, 0.25) is 0 Å². The first kappa shape index (κ1) is 25.7. The third kappa shape index (κ3) is 5.71. The SMILES string of the molecule is Cc1ccccc1C(=O)NC(C(=O)N1CCCC1)C1CCN(C(=O)c2ccc(C(F)(F)F)cc2)CC1. The van der Waals surface area contributed by atoms with Crippen LogP contribution in [0.4, 0.5) is 13.2 Å². The molecule has 2 saturated heterocycles. The van der Waals surface area contributed by atoms with E-state index in [9.17, 15) is 27.6 Å². The standard InChI is InChI=1S/C27H30F3N3O3/c1-18-6-2-3-7-22(18)24(34)31-23(26(36)32-14-4-5-15-32)19-12-16-33(17-13-19)25(35)20-8-10-21(11-9-20)27(28,29)30/h2-3,6-11,19,23H,4-5,12-17H2,1H3,(H,31,34). The van der Waals surface area contributed by atoms with Crippen LogP contribution in [0.25, 0.3) is 0 Å². The fraction of sp³-hybridized carbons (Fsp3) is 0.444. The van der Waals surface area contributed by atoms with Crippen molar-refractivity contribution in [1.29, 1.82) is 0 Å². The van der Waals surface area contributed by atoms with Crippen LogP contribution in [0.5, 0.6) is 0 Å². The fourth-order valence-corrected chi connectivity index (χ4v) is 4.98. The molecule has 2 aliphatic rings. The van der Waals surface area contributed by atoms with Gasteiger partial charge in [-0.05, 0) is 74.4 Å². The Morgan fingerprint density at radius 1 is 0.889 bits per heavy atom. The van der Waals surface area contributed by atoms with Crippen molar-refractivity contribution < 1.29 is 27.6 Å². The lowest BCUT2D eigenvalue weighted by Crippen LogP contribution is -2.54. The van der Waals surface area contributed by atoms with E-state index in [-0.39, 0.29) is 29.2 Å². The van der Waals surface area contributed by atoms with Crippen molar-refractivity contribution in [2.75, 3.05) is 26.2 Å². The number of carbonyl (C=O) groups is 3. The summed E-state index contributed by atoms with van der Waals surface area (Å²) in [4.78, 5) is 42.7. The average molecular weight is 502 g/mol. The summed E-state index contributed by atoms with van der Waals surface area (Å²) in [6.07, 6.45) is -1.58. The molecular weight excluding hydrogens is 471 g/mol. The highest BCUT2D eigenvalue weighted by atomic mass is 19.4. The number of hydrogen-bond donors (Lipinski definition) is 1. The molecule has 1 N–H and O–H groups in total. The van der Waals surface area contributed by atoms with E-state index in [1.807, 2.05) is 19.1 Å². The average Bonchev–Trinajstić information content (AvgIpc) is 3.41. The van der Waals surface area contributed by atoms with Crippen LogP contribution in [0.1, 0.15) is 57.5 Å². The van der Waals surface area contributed by atoms with Crippen molar-refractivity contribution in [3.05, 3.63) is 70.8 Å². The number of likely N-dealkylation sites (tertiary alicyclic amines) is 2. The van der Waals surface area contributed by atoms with Crippen LogP contribution in [-0.4, -0.2) is 59.7 Å². The highest BCUT2D eigenvalue weighted by Crippen LogP contribution is 2.30. The minimum absolute atomic E-state index is 0.0954. The Balaban J connectivity index is 1.44. The number of halogens is 3. The summed E-state index contributed by atoms with van der Waals surface area (Å²) in [5.74, 6) is -0.882. The van der Waals surface area contributed by atoms with Crippen LogP contribution in [0.3, 0.4) is 0 Å². The summed E-state index contributed by atoms with van der Waals surface area (Å²) in [6.45, 7) is 3.89. The van der Waals surface area contributed by atoms with Crippen molar-refractivity contribution in [3.8, 4) is 0 Å². The molecule has 0 aliphatic carbocycles. The van der Waals surface area contributed by atoms with Gasteiger partial charge in [-0.1, -0.05) is 18.2 Å². The second kappa shape index (κ2) is 10.7. The minimum atomic E-state index is -4.46. The van der Waals surface area contributed by atoms with E-state index < -0.39 is 17.8 Å². The number of hydrogen-bond acceptors (Lipinski definition) is 3. The van der Waals surface area contributed by atoms with Gasteiger partial charge in [-0.3, -0.25) is 14.4 Å². The molecule has 1 atom stereocenters. The smallest absolute Gasteiger partial charge is 0.341 e. The molecule has 1 unspecified atom stereocenters. The zero-order valence-corrected chi connectivity index (χ0v) is 20.2. The maximum Gasteiger partial charge on any atom is 0.416 e. The van der Waals surface area contributed by atoms with Crippen molar-refractivity contribution in [3.63, 3.8) is 0 Å². The number of rotatable bonds is 5. The molecule has 0 aromatic heterocycles. The zero-order chi connectivity index (χ0) is 25.9. The first-order chi connectivity index (χ1) is 17.1. The molecule has 2 aliphatic heterocycles. The molecule has 2 aromatic carbocycles. The largest absolute Gasteiger partial charge is 0.416 e. The minimum Gasteiger partial charge on any atom is -0.341 e. The number of amides is 3. The van der Waals surface area contributed by atoms with Gasteiger partial charge in [0.05, 0.1) is 5.56 Å². The van der Waals surface area contributed by atoms with Gasteiger partial charge in [-0.15, -0.1) is 0 Å². The topological polar surface area (TPSA) is 69.7 Å². The van der Waals surface area contributed by atoms with E-state index in [2.05, 4.69) is 5.32 Å². The monoisotopic (exact) mass is 501 g/mol. The van der Waals surface area contributed by atoms with Crippen molar-refractivity contribution >= 4 is 17.7 Å². The van der Waals surface area contributed by atoms with Gasteiger partial charge < -0.3 is 15.1 Å². The molecule has 6 nitrogen and oxygen atoms in total. The van der Waals surface area contributed by atoms with E-state index in [1.54, 1.807) is 21.9 Å². The molecule has 36 heavy (non-hydrogen) atoms. The summed E-state index contributed by atoms with van der Waals surface area (Å²) in [6, 6.07) is 10.7. The zero-order valence-electron chi connectivity index (χ0n) is 20.2. The number of nitrogens with one attached hydrogen (secondary N) is 1. The maximum absolute atomic E-state index is 13.4. The number of carbonyl (C=O) groups excluding carboxylic acids is 3. The fourth-order valence-electron chi connectivity index (χ4n) is 4.98. The van der Waals surface area contributed by atoms with Crippen molar-refractivity contribution in [2.45, 2.75) is 44.8 Å². The van der Waals surface area contributed by atoms with Gasteiger partial charge in [0.25, 0.3) is 11.8 Å². The van der Waals surface area contributed by atoms with Crippen LogP contribution in [0.15, 0.2) is 48.5 Å². The van der Waals surface area contributed by atoms with E-state index in [4.69, 9.17) is 0 Å². The lowest BCUT2D eigenvalue weighted by molar-refractivity contribution is -0.137. The van der Waals surface area contributed by atoms with E-state index >= 15 is 0 Å². The first-order valence-corrected chi connectivity index (χ1v) is 12.3. The molecule has 0 radical (unpaired) electrons. The Bertz CT molecular complexity index is 1100. The molecule has 3 amide bonds. The van der Waals surface area contributed by atoms with Crippen molar-refractivity contribution in [2.24, 2.45) is 5.92 Å². The predicted octanol–water partition coefficient (Wildman–Crippen LogP) is 4.29. The second-order valence-electron chi connectivity index (χ2n) is 9.50. The van der Waals surface area contributed by atoms with Crippen LogP contribution in [0, 0.1) is 12.8 Å². The Hall–Kier alpha value is -3.36. The van der Waals surface area contributed by atoms with Gasteiger partial charge in [0.15, 0.2) is 0 Å². The summed E-state index contributed by atoms with van der Waals surface area (Å²) < 4.78 is 38.5. The Labute approximate surface area is 208 Å². The summed E-state index contributed by atoms with van der Waals surface area (Å²) in [5, 5.41) is 2.98. The third-order valence-corrected chi connectivity index (χ3v) is 7.12. The van der Waals surface area contributed by atoms with Gasteiger partial charge in [0, 0.05) is 37.3 Å². The van der Waals surface area contributed by atoms with Crippen LogP contribution >= 0.6 is 0 Å². The number of benzene rings is 2. The highest BCUT2D eigenvalue weighted by Gasteiger charge is 2.37. The van der Waals surface area contributed by atoms with E-state index in [1.165, 1.54) is 12.1 Å². The van der Waals surface area contributed by atoms with E-state index in [0.29, 0.717) is 44.6 Å². The van der Waals surface area contributed by atoms with E-state index in [0.717, 1.165) is 30.5 Å². The molecule has 2 aromatic rings.